The summed E-state index contributed by atoms with van der Waals surface area (Å²) in [5.74, 6) is 1.88. The maximum atomic E-state index is 5.74. The second kappa shape index (κ2) is 6.06. The van der Waals surface area contributed by atoms with Crippen molar-refractivity contribution in [3.8, 4) is 17.2 Å². The highest BCUT2D eigenvalue weighted by atomic mass is 16.5. The molecule has 2 aromatic rings. The van der Waals surface area contributed by atoms with Gasteiger partial charge in [-0.05, 0) is 24.3 Å². The van der Waals surface area contributed by atoms with E-state index < -0.39 is 0 Å². The van der Waals surface area contributed by atoms with Gasteiger partial charge in [0.2, 0.25) is 0 Å². The number of nitrogens with zero attached hydrogens (tertiary/aromatic N) is 1. The number of ether oxygens (including phenoxy) is 3. The third kappa shape index (κ3) is 3.35. The average molecular weight is 260 g/mol. The Morgan fingerprint density at radius 1 is 1.11 bits per heavy atom. The molecule has 1 aromatic carbocycles. The van der Waals surface area contributed by atoms with Crippen molar-refractivity contribution in [1.29, 1.82) is 0 Å². The summed E-state index contributed by atoms with van der Waals surface area (Å²) >= 11 is 0. The Kier molecular flexibility index (Phi) is 4.20. The van der Waals surface area contributed by atoms with E-state index in [-0.39, 0.29) is 0 Å². The minimum absolute atomic E-state index is 0.482. The Bertz CT molecular complexity index is 541. The lowest BCUT2D eigenvalue weighted by atomic mass is 10.3. The lowest BCUT2D eigenvalue weighted by Gasteiger charge is -2.09. The van der Waals surface area contributed by atoms with Crippen molar-refractivity contribution in [3.63, 3.8) is 0 Å². The van der Waals surface area contributed by atoms with Crippen molar-refractivity contribution in [1.82, 2.24) is 4.98 Å². The van der Waals surface area contributed by atoms with Crippen LogP contribution in [-0.2, 0) is 11.3 Å². The zero-order chi connectivity index (χ0) is 13.7. The molecule has 1 aromatic heterocycles. The molecule has 0 aliphatic carbocycles. The van der Waals surface area contributed by atoms with Crippen LogP contribution >= 0.6 is 0 Å². The zero-order valence-electron chi connectivity index (χ0n) is 10.9. The fraction of sp³-hybridized carbons (Fsp3) is 0.214. The third-order valence-electron chi connectivity index (χ3n) is 2.53. The average Bonchev–Trinajstić information content (AvgIpc) is 2.43. The van der Waals surface area contributed by atoms with Gasteiger partial charge in [-0.2, -0.15) is 0 Å². The van der Waals surface area contributed by atoms with Gasteiger partial charge in [0.05, 0.1) is 31.3 Å². The molecular weight excluding hydrogens is 244 g/mol. The van der Waals surface area contributed by atoms with Crippen LogP contribution in [0.1, 0.15) is 5.69 Å². The molecular formula is C14H16N2O3. The number of methoxy groups -OCH3 is 2. The number of aromatic nitrogens is 1. The molecule has 2 N–H and O–H groups in total. The summed E-state index contributed by atoms with van der Waals surface area (Å²) in [6.07, 6.45) is 1.65. The molecule has 0 unspecified atom stereocenters. The molecule has 5 heteroatoms. The van der Waals surface area contributed by atoms with Crippen LogP contribution in [0.3, 0.4) is 0 Å². The summed E-state index contributed by atoms with van der Waals surface area (Å²) in [5, 5.41) is 0. The number of pyridine rings is 1. The first kappa shape index (κ1) is 13.2. The summed E-state index contributed by atoms with van der Waals surface area (Å²) < 4.78 is 15.8. The zero-order valence-corrected chi connectivity index (χ0v) is 10.9. The standard InChI is InChI=1S/C14H16N2O3/c1-17-9-10-3-4-12(8-16-10)19-11-5-6-13(15)14(7-11)18-2/h3-8H,9,15H2,1-2H3. The van der Waals surface area contributed by atoms with Crippen LogP contribution in [0.15, 0.2) is 36.5 Å². The minimum atomic E-state index is 0.482. The van der Waals surface area contributed by atoms with Crippen molar-refractivity contribution in [3.05, 3.63) is 42.2 Å². The topological polar surface area (TPSA) is 66.6 Å². The van der Waals surface area contributed by atoms with Gasteiger partial charge in [-0.25, -0.2) is 0 Å². The molecule has 0 atom stereocenters. The highest BCUT2D eigenvalue weighted by molar-refractivity contribution is 5.56. The number of nitrogen functional groups attached to an aromatic ring is 1. The molecule has 0 bridgehead atoms. The Balaban J connectivity index is 2.12. The number of hydrogen-bond acceptors (Lipinski definition) is 5. The largest absolute Gasteiger partial charge is 0.494 e. The normalized spacial score (nSPS) is 10.2. The number of nitrogens with two attached hydrogens (primary N) is 1. The third-order valence-corrected chi connectivity index (χ3v) is 2.53. The van der Waals surface area contributed by atoms with E-state index in [1.54, 1.807) is 38.6 Å². The van der Waals surface area contributed by atoms with E-state index >= 15 is 0 Å². The molecule has 0 saturated heterocycles. The van der Waals surface area contributed by atoms with Gasteiger partial charge in [-0.3, -0.25) is 4.98 Å². The van der Waals surface area contributed by atoms with E-state index in [4.69, 9.17) is 19.9 Å². The van der Waals surface area contributed by atoms with Crippen molar-refractivity contribution >= 4 is 5.69 Å². The second-order valence-corrected chi connectivity index (χ2v) is 3.92. The molecule has 0 spiro atoms. The number of rotatable bonds is 5. The van der Waals surface area contributed by atoms with E-state index in [1.165, 1.54) is 0 Å². The molecule has 1 heterocycles. The SMILES string of the molecule is COCc1ccc(Oc2ccc(N)c(OC)c2)cn1. The van der Waals surface area contributed by atoms with Crippen LogP contribution in [-0.4, -0.2) is 19.2 Å². The maximum absolute atomic E-state index is 5.74. The first-order chi connectivity index (χ1) is 9.22. The Morgan fingerprint density at radius 2 is 1.89 bits per heavy atom. The van der Waals surface area contributed by atoms with Crippen LogP contribution in [0.5, 0.6) is 17.2 Å². The van der Waals surface area contributed by atoms with Gasteiger partial charge in [-0.1, -0.05) is 0 Å². The van der Waals surface area contributed by atoms with Gasteiger partial charge in [-0.15, -0.1) is 0 Å². The lowest BCUT2D eigenvalue weighted by Crippen LogP contribution is -1.94. The molecule has 100 valence electrons. The Labute approximate surface area is 111 Å². The number of anilines is 1. The predicted octanol–water partition coefficient (Wildman–Crippen LogP) is 2.61. The molecule has 0 fully saturated rings. The first-order valence-electron chi connectivity index (χ1n) is 5.78. The van der Waals surface area contributed by atoms with Crippen LogP contribution in [0.4, 0.5) is 5.69 Å². The summed E-state index contributed by atoms with van der Waals surface area (Å²) in [6, 6.07) is 8.94. The molecule has 0 amide bonds. The number of benzene rings is 1. The smallest absolute Gasteiger partial charge is 0.145 e. The second-order valence-electron chi connectivity index (χ2n) is 3.92. The molecule has 0 aliphatic heterocycles. The van der Waals surface area contributed by atoms with Gasteiger partial charge in [0, 0.05) is 13.2 Å². The highest BCUT2D eigenvalue weighted by Gasteiger charge is 2.03. The van der Waals surface area contributed by atoms with Gasteiger partial charge >= 0.3 is 0 Å². The van der Waals surface area contributed by atoms with Crippen LogP contribution < -0.4 is 15.2 Å². The molecule has 0 radical (unpaired) electrons. The van der Waals surface area contributed by atoms with Crippen LogP contribution in [0.25, 0.3) is 0 Å². The van der Waals surface area contributed by atoms with Crippen LogP contribution in [0.2, 0.25) is 0 Å². The van der Waals surface area contributed by atoms with Gasteiger partial charge in [0.1, 0.15) is 17.2 Å². The van der Waals surface area contributed by atoms with E-state index in [1.807, 2.05) is 12.1 Å². The Hall–Kier alpha value is -2.27. The predicted molar refractivity (Wildman–Crippen MR) is 72.4 cm³/mol. The fourth-order valence-electron chi connectivity index (χ4n) is 1.60. The van der Waals surface area contributed by atoms with E-state index in [9.17, 15) is 0 Å². The van der Waals surface area contributed by atoms with E-state index in [0.717, 1.165) is 5.69 Å². The minimum Gasteiger partial charge on any atom is -0.494 e. The summed E-state index contributed by atoms with van der Waals surface area (Å²) in [4.78, 5) is 4.22. The summed E-state index contributed by atoms with van der Waals surface area (Å²) in [5.41, 5.74) is 7.16. The number of hydrogen-bond donors (Lipinski definition) is 1. The van der Waals surface area contributed by atoms with Crippen molar-refractivity contribution in [2.24, 2.45) is 0 Å². The molecule has 19 heavy (non-hydrogen) atoms. The van der Waals surface area contributed by atoms with Gasteiger partial charge < -0.3 is 19.9 Å². The molecule has 2 rings (SSSR count). The molecule has 0 aliphatic rings. The lowest BCUT2D eigenvalue weighted by molar-refractivity contribution is 0.181. The highest BCUT2D eigenvalue weighted by Crippen LogP contribution is 2.29. The van der Waals surface area contributed by atoms with Crippen molar-refractivity contribution < 1.29 is 14.2 Å². The molecule has 5 nitrogen and oxygen atoms in total. The summed E-state index contributed by atoms with van der Waals surface area (Å²) in [7, 11) is 3.20. The van der Waals surface area contributed by atoms with E-state index in [0.29, 0.717) is 29.5 Å². The first-order valence-corrected chi connectivity index (χ1v) is 5.78. The fourth-order valence-corrected chi connectivity index (χ4v) is 1.60. The van der Waals surface area contributed by atoms with Crippen molar-refractivity contribution in [2.75, 3.05) is 20.0 Å². The maximum Gasteiger partial charge on any atom is 0.145 e. The van der Waals surface area contributed by atoms with Gasteiger partial charge in [0.25, 0.3) is 0 Å². The monoisotopic (exact) mass is 260 g/mol. The van der Waals surface area contributed by atoms with Crippen molar-refractivity contribution in [2.45, 2.75) is 6.61 Å². The van der Waals surface area contributed by atoms with E-state index in [2.05, 4.69) is 4.98 Å². The van der Waals surface area contributed by atoms with Crippen LogP contribution in [0, 0.1) is 0 Å². The summed E-state index contributed by atoms with van der Waals surface area (Å²) in [6.45, 7) is 0.482. The van der Waals surface area contributed by atoms with Gasteiger partial charge in [0.15, 0.2) is 0 Å². The molecule has 0 saturated carbocycles. The Morgan fingerprint density at radius 3 is 2.53 bits per heavy atom. The quantitative estimate of drug-likeness (QED) is 0.837.